The second-order valence-corrected chi connectivity index (χ2v) is 4.85. The summed E-state index contributed by atoms with van der Waals surface area (Å²) in [4.78, 5) is 35.4. The van der Waals surface area contributed by atoms with Crippen LogP contribution < -0.4 is 22.0 Å². The first-order valence-electron chi connectivity index (χ1n) is 6.36. The molecule has 0 radical (unpaired) electrons. The summed E-state index contributed by atoms with van der Waals surface area (Å²) in [6.45, 7) is 1.87. The van der Waals surface area contributed by atoms with E-state index < -0.39 is 6.17 Å². The van der Waals surface area contributed by atoms with Crippen molar-refractivity contribution in [3.05, 3.63) is 45.0 Å². The largest absolute Gasteiger partial charge is 0.292 e. The highest BCUT2D eigenvalue weighted by Gasteiger charge is 2.30. The maximum Gasteiger partial charge on any atom is 0.274 e. The van der Waals surface area contributed by atoms with E-state index in [1.54, 1.807) is 24.3 Å². The van der Waals surface area contributed by atoms with Crippen molar-refractivity contribution in [2.24, 2.45) is 0 Å². The van der Waals surface area contributed by atoms with Gasteiger partial charge in [0.2, 0.25) is 6.41 Å². The Morgan fingerprint density at radius 3 is 2.35 bits per heavy atom. The van der Waals surface area contributed by atoms with Crippen LogP contribution in [-0.2, 0) is 4.79 Å². The van der Waals surface area contributed by atoms with E-state index in [-0.39, 0.29) is 17.2 Å². The van der Waals surface area contributed by atoms with Crippen LogP contribution in [0.2, 0.25) is 0 Å². The maximum atomic E-state index is 12.5. The van der Waals surface area contributed by atoms with Crippen molar-refractivity contribution in [1.82, 2.24) is 20.2 Å². The first-order valence-corrected chi connectivity index (χ1v) is 6.36. The van der Waals surface area contributed by atoms with E-state index in [1.807, 2.05) is 6.92 Å². The van der Waals surface area contributed by atoms with Crippen LogP contribution in [0.25, 0.3) is 10.8 Å². The molecular formula is C13H14N4O3. The number of hydrazine groups is 1. The quantitative estimate of drug-likeness (QED) is 0.603. The van der Waals surface area contributed by atoms with Gasteiger partial charge >= 0.3 is 0 Å². The van der Waals surface area contributed by atoms with Crippen molar-refractivity contribution in [2.45, 2.75) is 25.6 Å². The number of carbonyl (C=O) groups is 1. The van der Waals surface area contributed by atoms with Gasteiger partial charge in [0.1, 0.15) is 6.17 Å². The topological polar surface area (TPSA) is 85.1 Å². The van der Waals surface area contributed by atoms with Crippen LogP contribution in [0.1, 0.15) is 25.6 Å². The third kappa shape index (κ3) is 1.67. The molecule has 0 saturated carbocycles. The lowest BCUT2D eigenvalue weighted by Crippen LogP contribution is -2.43. The fourth-order valence-electron chi connectivity index (χ4n) is 2.78. The Morgan fingerprint density at radius 2 is 1.75 bits per heavy atom. The highest BCUT2D eigenvalue weighted by molar-refractivity contribution is 5.80. The Bertz CT molecular complexity index is 792. The minimum atomic E-state index is -0.431. The van der Waals surface area contributed by atoms with Gasteiger partial charge in [-0.2, -0.15) is 0 Å². The van der Waals surface area contributed by atoms with Crippen LogP contribution in [0.3, 0.4) is 0 Å². The summed E-state index contributed by atoms with van der Waals surface area (Å²) in [7, 11) is 0. The van der Waals surface area contributed by atoms with E-state index in [0.29, 0.717) is 23.6 Å². The molecule has 0 bridgehead atoms. The maximum absolute atomic E-state index is 12.5. The lowest BCUT2D eigenvalue weighted by Gasteiger charge is -2.15. The molecule has 3 rings (SSSR count). The molecule has 2 heterocycles. The molecule has 1 aliphatic heterocycles. The Hall–Kier alpha value is -2.41. The van der Waals surface area contributed by atoms with Gasteiger partial charge in [0.15, 0.2) is 0 Å². The summed E-state index contributed by atoms with van der Waals surface area (Å²) in [5.74, 6) is 0. The van der Waals surface area contributed by atoms with Crippen molar-refractivity contribution in [3.8, 4) is 0 Å². The van der Waals surface area contributed by atoms with Crippen LogP contribution in [0.5, 0.6) is 0 Å². The molecule has 1 aliphatic rings. The van der Waals surface area contributed by atoms with E-state index in [2.05, 4.69) is 10.9 Å². The van der Waals surface area contributed by atoms with Gasteiger partial charge < -0.3 is 0 Å². The monoisotopic (exact) mass is 274 g/mol. The average molecular weight is 274 g/mol. The summed E-state index contributed by atoms with van der Waals surface area (Å²) < 4.78 is 2.83. The van der Waals surface area contributed by atoms with Gasteiger partial charge in [-0.3, -0.25) is 19.8 Å². The molecule has 0 fully saturated rings. The first-order chi connectivity index (χ1) is 9.65. The fourth-order valence-corrected chi connectivity index (χ4v) is 2.78. The van der Waals surface area contributed by atoms with Crippen LogP contribution in [-0.4, -0.2) is 15.8 Å². The average Bonchev–Trinajstić information content (AvgIpc) is 2.79. The van der Waals surface area contributed by atoms with Crippen molar-refractivity contribution >= 4 is 17.2 Å². The molecule has 2 atom stereocenters. The van der Waals surface area contributed by atoms with Gasteiger partial charge in [-0.05, 0) is 19.1 Å². The molecule has 1 aromatic heterocycles. The lowest BCUT2D eigenvalue weighted by atomic mass is 10.2. The van der Waals surface area contributed by atoms with E-state index in [4.69, 9.17) is 0 Å². The van der Waals surface area contributed by atoms with Crippen molar-refractivity contribution in [3.63, 3.8) is 0 Å². The summed E-state index contributed by atoms with van der Waals surface area (Å²) in [6, 6.07) is 6.64. The molecule has 20 heavy (non-hydrogen) atoms. The number of hydrogen-bond acceptors (Lipinski definition) is 4. The van der Waals surface area contributed by atoms with E-state index in [0.717, 1.165) is 0 Å². The Labute approximate surface area is 113 Å². The third-order valence-electron chi connectivity index (χ3n) is 3.62. The molecule has 7 nitrogen and oxygen atoms in total. The van der Waals surface area contributed by atoms with Crippen molar-refractivity contribution < 1.29 is 4.79 Å². The Morgan fingerprint density at radius 1 is 1.15 bits per heavy atom. The zero-order chi connectivity index (χ0) is 14.3. The summed E-state index contributed by atoms with van der Waals surface area (Å²) in [5.41, 5.74) is 4.64. The van der Waals surface area contributed by atoms with Gasteiger partial charge in [-0.1, -0.05) is 12.1 Å². The van der Waals surface area contributed by atoms with Gasteiger partial charge in [-0.25, -0.2) is 14.8 Å². The first kappa shape index (κ1) is 12.6. The molecule has 2 N–H and O–H groups in total. The number of aromatic nitrogens is 2. The van der Waals surface area contributed by atoms with Crippen LogP contribution in [0.4, 0.5) is 0 Å². The number of nitrogens with one attached hydrogen (secondary N) is 2. The fraction of sp³-hybridized carbons (Fsp3) is 0.308. The number of rotatable bonds is 3. The van der Waals surface area contributed by atoms with Crippen LogP contribution in [0, 0.1) is 0 Å². The van der Waals surface area contributed by atoms with E-state index in [1.165, 1.54) is 9.36 Å². The van der Waals surface area contributed by atoms with Crippen molar-refractivity contribution in [1.29, 1.82) is 0 Å². The highest BCUT2D eigenvalue weighted by atomic mass is 16.2. The predicted octanol–water partition coefficient (Wildman–Crippen LogP) is -0.123. The number of amides is 1. The lowest BCUT2D eigenvalue weighted by molar-refractivity contribution is -0.110. The molecule has 104 valence electrons. The smallest absolute Gasteiger partial charge is 0.274 e. The molecule has 2 unspecified atom stereocenters. The number of hydrogen-bond donors (Lipinski definition) is 2. The molecule has 0 saturated heterocycles. The summed E-state index contributed by atoms with van der Waals surface area (Å²) in [5, 5.41) is 0.811. The van der Waals surface area contributed by atoms with Gasteiger partial charge in [0, 0.05) is 6.42 Å². The number of fused-ring (bicyclic) bond motifs is 2. The molecule has 7 heteroatoms. The SMILES string of the molecule is CC1CC(NNC=O)n2c(=O)c3ccccc3c(=O)n21. The molecule has 1 aromatic carbocycles. The van der Waals surface area contributed by atoms with E-state index in [9.17, 15) is 14.4 Å². The summed E-state index contributed by atoms with van der Waals surface area (Å²) >= 11 is 0. The standard InChI is InChI=1S/C13H14N4O3/c1-8-6-11(15-14-7-18)17-13(20)10-5-3-2-4-9(10)12(19)16(8)17/h2-5,7-8,11,15H,6H2,1H3,(H,14,18). The second-order valence-electron chi connectivity index (χ2n) is 4.85. The van der Waals surface area contributed by atoms with Gasteiger partial charge in [0.25, 0.3) is 11.1 Å². The normalized spacial score (nSPS) is 20.9. The summed E-state index contributed by atoms with van der Waals surface area (Å²) in [6.07, 6.45) is 0.615. The minimum Gasteiger partial charge on any atom is -0.292 e. The molecule has 1 amide bonds. The zero-order valence-electron chi connectivity index (χ0n) is 10.9. The zero-order valence-corrected chi connectivity index (χ0v) is 10.9. The Balaban J connectivity index is 2.31. The molecular weight excluding hydrogens is 260 g/mol. The predicted molar refractivity (Wildman–Crippen MR) is 73.2 cm³/mol. The molecule has 0 aliphatic carbocycles. The molecule has 2 aromatic rings. The molecule has 0 spiro atoms. The van der Waals surface area contributed by atoms with E-state index >= 15 is 0 Å². The number of carbonyl (C=O) groups excluding carboxylic acids is 1. The van der Waals surface area contributed by atoms with Gasteiger partial charge in [0.05, 0.1) is 16.8 Å². The third-order valence-corrected chi connectivity index (χ3v) is 3.62. The van der Waals surface area contributed by atoms with Crippen LogP contribution in [0.15, 0.2) is 33.9 Å². The minimum absolute atomic E-state index is 0.120. The van der Waals surface area contributed by atoms with Crippen molar-refractivity contribution in [2.75, 3.05) is 0 Å². The number of benzene rings is 1. The Kier molecular flexibility index (Phi) is 2.90. The highest BCUT2D eigenvalue weighted by Crippen LogP contribution is 2.24. The van der Waals surface area contributed by atoms with Gasteiger partial charge in [-0.15, -0.1) is 0 Å². The number of nitrogens with zero attached hydrogens (tertiary/aromatic N) is 2. The second kappa shape index (κ2) is 4.61. The van der Waals surface area contributed by atoms with Crippen LogP contribution >= 0.6 is 0 Å².